The minimum atomic E-state index is -6.40. The second-order valence-corrected chi connectivity index (χ2v) is 9.46. The summed E-state index contributed by atoms with van der Waals surface area (Å²) in [7, 11) is 0. The molecule has 2 fully saturated rings. The van der Waals surface area contributed by atoms with Gasteiger partial charge in [-0.15, -0.1) is 0 Å². The Morgan fingerprint density at radius 1 is 0.919 bits per heavy atom. The van der Waals surface area contributed by atoms with Crippen LogP contribution in [0.2, 0.25) is 0 Å². The van der Waals surface area contributed by atoms with Crippen molar-refractivity contribution in [3.05, 3.63) is 59.7 Å². The maximum Gasteiger partial charge on any atom is 0.460 e. The van der Waals surface area contributed by atoms with Gasteiger partial charge in [0.2, 0.25) is 0 Å². The number of benzene rings is 2. The van der Waals surface area contributed by atoms with E-state index in [0.29, 0.717) is 24.3 Å². The number of halogens is 7. The molecule has 2 atom stereocenters. The molecule has 0 amide bonds. The quantitative estimate of drug-likeness (QED) is 0.375. The number of nitrogens with one attached hydrogen (secondary N) is 1. The van der Waals surface area contributed by atoms with Crippen molar-refractivity contribution in [2.45, 2.75) is 68.4 Å². The molecule has 2 heterocycles. The summed E-state index contributed by atoms with van der Waals surface area (Å²) in [6, 6.07) is 13.0. The Labute approximate surface area is 208 Å². The van der Waals surface area contributed by atoms with E-state index in [2.05, 4.69) is 15.0 Å². The number of nitrogens with zero attached hydrogens (tertiary/aromatic N) is 1. The molecule has 12 heteroatoms. The van der Waals surface area contributed by atoms with E-state index in [1.165, 1.54) is 24.3 Å². The molecule has 0 spiro atoms. The highest BCUT2D eigenvalue weighted by atomic mass is 19.4. The minimum absolute atomic E-state index is 0.129. The van der Waals surface area contributed by atoms with E-state index >= 15 is 0 Å². The van der Waals surface area contributed by atoms with Crippen LogP contribution in [0, 0.1) is 0 Å². The number of piperidine rings is 1. The van der Waals surface area contributed by atoms with Gasteiger partial charge in [-0.1, -0.05) is 12.1 Å². The van der Waals surface area contributed by atoms with Gasteiger partial charge < -0.3 is 15.2 Å². The predicted octanol–water partition coefficient (Wildman–Crippen LogP) is 6.20. The molecule has 2 aromatic rings. The maximum absolute atomic E-state index is 13.4. The third-order valence-electron chi connectivity index (χ3n) is 6.91. The molecule has 2 aromatic carbocycles. The number of carboxylic acids is 1. The van der Waals surface area contributed by atoms with Crippen molar-refractivity contribution in [3.63, 3.8) is 0 Å². The highest BCUT2D eigenvalue weighted by Crippen LogP contribution is 2.46. The summed E-state index contributed by atoms with van der Waals surface area (Å²) in [5.74, 6) is -12.9. The summed E-state index contributed by atoms with van der Waals surface area (Å²) in [5.41, 5.74) is 1.91. The number of fused-ring (bicyclic) bond motifs is 2. The van der Waals surface area contributed by atoms with Gasteiger partial charge in [-0.2, -0.15) is 30.7 Å². The van der Waals surface area contributed by atoms with E-state index in [-0.39, 0.29) is 17.4 Å². The summed E-state index contributed by atoms with van der Waals surface area (Å²) in [5, 5.41) is 12.4. The van der Waals surface area contributed by atoms with E-state index in [1.807, 2.05) is 12.1 Å². The summed E-state index contributed by atoms with van der Waals surface area (Å²) in [6.07, 6.45) is -2.64. The number of ether oxygens (including phenoxy) is 1. The van der Waals surface area contributed by atoms with Crippen LogP contribution < -0.4 is 10.1 Å². The smallest absolute Gasteiger partial charge is 0.460 e. The molecule has 2 saturated heterocycles. The molecule has 0 aromatic heterocycles. The van der Waals surface area contributed by atoms with Gasteiger partial charge in [-0.3, -0.25) is 4.90 Å². The fraction of sp³-hybridized carbons (Fsp3) is 0.480. The average Bonchev–Trinajstić information content (AvgIpc) is 3.05. The van der Waals surface area contributed by atoms with Gasteiger partial charge in [-0.05, 0) is 67.6 Å². The third kappa shape index (κ3) is 5.78. The largest absolute Gasteiger partial charge is 0.487 e. The van der Waals surface area contributed by atoms with Gasteiger partial charge in [0, 0.05) is 30.4 Å². The van der Waals surface area contributed by atoms with Gasteiger partial charge in [0.05, 0.1) is 5.56 Å². The second kappa shape index (κ2) is 10.0. The van der Waals surface area contributed by atoms with Crippen LogP contribution in [0.5, 0.6) is 5.75 Å². The first-order chi connectivity index (χ1) is 17.3. The van der Waals surface area contributed by atoms with Crippen LogP contribution in [-0.2, 0) is 6.54 Å². The Morgan fingerprint density at radius 3 is 2.00 bits per heavy atom. The van der Waals surface area contributed by atoms with Crippen LogP contribution in [0.25, 0.3) is 0 Å². The van der Waals surface area contributed by atoms with Gasteiger partial charge >= 0.3 is 24.0 Å². The molecule has 0 aliphatic carbocycles. The van der Waals surface area contributed by atoms with Crippen LogP contribution in [0.3, 0.4) is 0 Å². The number of carboxylic acid groups (broad SMARTS) is 1. The standard InChI is InChI=1S/C25H25F7N2O3/c26-23(27,24(28,29)25(30,31)32)14-37-21-9-5-17(6-10-21)33-18-11-19-7-8-20(12-18)34(19)13-15-1-3-16(4-2-15)22(35)36/h1-6,9-10,18-20,33H,7-8,11-14H2,(H,35,36). The van der Waals surface area contributed by atoms with Crippen molar-refractivity contribution in [1.82, 2.24) is 4.90 Å². The topological polar surface area (TPSA) is 61.8 Å². The van der Waals surface area contributed by atoms with Crippen molar-refractivity contribution in [3.8, 4) is 5.75 Å². The van der Waals surface area contributed by atoms with Gasteiger partial charge in [-0.25, -0.2) is 4.79 Å². The lowest BCUT2D eigenvalue weighted by Crippen LogP contribution is -2.54. The Hall–Kier alpha value is -3.02. The fourth-order valence-electron chi connectivity index (χ4n) is 4.97. The van der Waals surface area contributed by atoms with Crippen LogP contribution in [-0.4, -0.2) is 58.7 Å². The number of rotatable bonds is 9. The highest BCUT2D eigenvalue weighted by molar-refractivity contribution is 5.87. The number of aromatic carboxylic acids is 1. The summed E-state index contributed by atoms with van der Waals surface area (Å²) in [6.45, 7) is -1.40. The van der Waals surface area contributed by atoms with Crippen LogP contribution in [0.1, 0.15) is 41.6 Å². The van der Waals surface area contributed by atoms with Crippen LogP contribution in [0.15, 0.2) is 48.5 Å². The first-order valence-corrected chi connectivity index (χ1v) is 11.7. The molecule has 4 rings (SSSR count). The molecule has 0 radical (unpaired) electrons. The van der Waals surface area contributed by atoms with Crippen molar-refractivity contribution < 1.29 is 45.4 Å². The molecule has 2 N–H and O–H groups in total. The molecule has 5 nitrogen and oxygen atoms in total. The number of hydrogen-bond donors (Lipinski definition) is 2. The van der Waals surface area contributed by atoms with Gasteiger partial charge in [0.25, 0.3) is 0 Å². The minimum Gasteiger partial charge on any atom is -0.487 e. The molecule has 2 bridgehead atoms. The van der Waals surface area contributed by atoms with Gasteiger partial charge in [0.15, 0.2) is 6.61 Å². The lowest BCUT2D eigenvalue weighted by molar-refractivity contribution is -0.358. The maximum atomic E-state index is 13.4. The monoisotopic (exact) mass is 534 g/mol. The third-order valence-corrected chi connectivity index (χ3v) is 6.91. The number of alkyl halides is 7. The SMILES string of the molecule is O=C(O)c1ccc(CN2C3CCC2CC(Nc2ccc(OCC(F)(F)C(F)(F)C(F)(F)F)cc2)C3)cc1. The van der Waals surface area contributed by atoms with E-state index in [0.717, 1.165) is 31.2 Å². The number of hydrogen-bond acceptors (Lipinski definition) is 4. The zero-order chi connectivity index (χ0) is 27.0. The molecular weight excluding hydrogens is 509 g/mol. The van der Waals surface area contributed by atoms with E-state index in [9.17, 15) is 35.5 Å². The zero-order valence-electron chi connectivity index (χ0n) is 19.5. The highest BCUT2D eigenvalue weighted by Gasteiger charge is 2.73. The van der Waals surface area contributed by atoms with E-state index in [4.69, 9.17) is 5.11 Å². The Bertz CT molecular complexity index is 1080. The summed E-state index contributed by atoms with van der Waals surface area (Å²) < 4.78 is 94.2. The lowest BCUT2D eigenvalue weighted by atomic mass is 9.96. The Morgan fingerprint density at radius 2 is 1.49 bits per heavy atom. The number of carbonyl (C=O) groups is 1. The fourth-order valence-corrected chi connectivity index (χ4v) is 4.97. The Kier molecular flexibility index (Phi) is 7.33. The summed E-state index contributed by atoms with van der Waals surface area (Å²) >= 11 is 0. The zero-order valence-corrected chi connectivity index (χ0v) is 19.5. The van der Waals surface area contributed by atoms with Crippen molar-refractivity contribution in [2.24, 2.45) is 0 Å². The first-order valence-electron chi connectivity index (χ1n) is 11.7. The van der Waals surface area contributed by atoms with Crippen molar-refractivity contribution in [2.75, 3.05) is 11.9 Å². The summed E-state index contributed by atoms with van der Waals surface area (Å²) in [4.78, 5) is 13.5. The van der Waals surface area contributed by atoms with E-state index in [1.54, 1.807) is 12.1 Å². The average molecular weight is 534 g/mol. The molecule has 2 unspecified atom stereocenters. The molecular formula is C25H25F7N2O3. The first kappa shape index (κ1) is 27.0. The predicted molar refractivity (Wildman–Crippen MR) is 120 cm³/mol. The van der Waals surface area contributed by atoms with E-state index < -0.39 is 30.6 Å². The second-order valence-electron chi connectivity index (χ2n) is 9.46. The van der Waals surface area contributed by atoms with Gasteiger partial charge in [0.1, 0.15) is 5.75 Å². The molecule has 2 aliphatic heterocycles. The Balaban J connectivity index is 1.30. The lowest BCUT2D eigenvalue weighted by Gasteiger charge is -2.39. The molecule has 37 heavy (non-hydrogen) atoms. The number of anilines is 1. The van der Waals surface area contributed by atoms with Crippen molar-refractivity contribution >= 4 is 11.7 Å². The van der Waals surface area contributed by atoms with Crippen molar-refractivity contribution in [1.29, 1.82) is 0 Å². The molecule has 2 aliphatic rings. The molecule has 0 saturated carbocycles. The van der Waals surface area contributed by atoms with Crippen LogP contribution in [0.4, 0.5) is 36.4 Å². The molecule has 202 valence electrons. The normalized spacial score (nSPS) is 22.6. The van der Waals surface area contributed by atoms with Crippen LogP contribution >= 0.6 is 0 Å².